The molecule has 9 heteroatoms. The molecule has 0 unspecified atom stereocenters. The summed E-state index contributed by atoms with van der Waals surface area (Å²) >= 11 is 2.64. The monoisotopic (exact) mass is 383 g/mol. The van der Waals surface area contributed by atoms with Crippen molar-refractivity contribution in [2.75, 3.05) is 32.4 Å². The molecule has 2 aromatic heterocycles. The van der Waals surface area contributed by atoms with Crippen molar-refractivity contribution in [2.45, 2.75) is 9.24 Å². The van der Waals surface area contributed by atoms with Gasteiger partial charge in [0.25, 0.3) is 15.9 Å². The molecular formula is C15H17N3O3S3. The lowest BCUT2D eigenvalue weighted by molar-refractivity contribution is 0.0693. The molecule has 0 bridgehead atoms. The molecule has 3 rings (SSSR count). The van der Waals surface area contributed by atoms with Crippen LogP contribution >= 0.6 is 23.1 Å². The average molecular weight is 384 g/mol. The van der Waals surface area contributed by atoms with Crippen LogP contribution < -0.4 is 0 Å². The van der Waals surface area contributed by atoms with Crippen LogP contribution in [0.3, 0.4) is 0 Å². The highest BCUT2D eigenvalue weighted by Gasteiger charge is 2.31. The highest BCUT2D eigenvalue weighted by atomic mass is 32.2. The molecule has 6 nitrogen and oxygen atoms in total. The number of aromatic nitrogens is 1. The van der Waals surface area contributed by atoms with Crippen LogP contribution in [0.25, 0.3) is 0 Å². The largest absolute Gasteiger partial charge is 0.336 e. The van der Waals surface area contributed by atoms with E-state index >= 15 is 0 Å². The number of piperazine rings is 1. The van der Waals surface area contributed by atoms with E-state index in [0.29, 0.717) is 41.0 Å². The first-order valence-corrected chi connectivity index (χ1v) is 10.9. The van der Waals surface area contributed by atoms with Crippen molar-refractivity contribution in [1.29, 1.82) is 0 Å². The van der Waals surface area contributed by atoms with Crippen LogP contribution in [-0.4, -0.2) is 60.9 Å². The van der Waals surface area contributed by atoms with E-state index in [1.165, 1.54) is 27.4 Å². The molecule has 24 heavy (non-hydrogen) atoms. The van der Waals surface area contributed by atoms with Crippen LogP contribution in [0.5, 0.6) is 0 Å². The highest BCUT2D eigenvalue weighted by Crippen LogP contribution is 2.23. The molecule has 0 radical (unpaired) electrons. The van der Waals surface area contributed by atoms with Crippen LogP contribution in [0.2, 0.25) is 0 Å². The van der Waals surface area contributed by atoms with Crippen molar-refractivity contribution in [2.24, 2.45) is 0 Å². The minimum absolute atomic E-state index is 0.0966. The Labute approximate surface area is 149 Å². The number of pyridine rings is 1. The summed E-state index contributed by atoms with van der Waals surface area (Å²) in [5.41, 5.74) is 0.569. The van der Waals surface area contributed by atoms with E-state index in [2.05, 4.69) is 4.98 Å². The molecule has 3 heterocycles. The van der Waals surface area contributed by atoms with E-state index in [4.69, 9.17) is 0 Å². The van der Waals surface area contributed by atoms with Crippen LogP contribution in [0.4, 0.5) is 0 Å². The van der Waals surface area contributed by atoms with Gasteiger partial charge in [-0.1, -0.05) is 6.07 Å². The number of amides is 1. The fourth-order valence-electron chi connectivity index (χ4n) is 2.56. The number of carbonyl (C=O) groups is 1. The Morgan fingerprint density at radius 2 is 1.96 bits per heavy atom. The maximum absolute atomic E-state index is 12.7. The molecule has 1 saturated heterocycles. The lowest BCUT2D eigenvalue weighted by Crippen LogP contribution is -2.50. The number of rotatable bonds is 4. The number of thioether (sulfide) groups is 1. The summed E-state index contributed by atoms with van der Waals surface area (Å²) in [7, 11) is -3.45. The average Bonchev–Trinajstić information content (AvgIpc) is 3.16. The lowest BCUT2D eigenvalue weighted by atomic mass is 10.2. The van der Waals surface area contributed by atoms with Gasteiger partial charge in [-0.3, -0.25) is 4.79 Å². The molecule has 1 amide bonds. The maximum Gasteiger partial charge on any atom is 0.256 e. The zero-order valence-electron chi connectivity index (χ0n) is 13.1. The Bertz CT molecular complexity index is 813. The Morgan fingerprint density at radius 1 is 1.21 bits per heavy atom. The van der Waals surface area contributed by atoms with Crippen molar-refractivity contribution >= 4 is 39.0 Å². The first kappa shape index (κ1) is 17.4. The van der Waals surface area contributed by atoms with E-state index in [1.54, 1.807) is 40.7 Å². The summed E-state index contributed by atoms with van der Waals surface area (Å²) in [6, 6.07) is 6.84. The molecule has 0 atom stereocenters. The summed E-state index contributed by atoms with van der Waals surface area (Å²) in [6.07, 6.45) is 3.54. The summed E-state index contributed by atoms with van der Waals surface area (Å²) in [6.45, 7) is 1.37. The molecule has 1 aliphatic rings. The van der Waals surface area contributed by atoms with Crippen LogP contribution in [-0.2, 0) is 10.0 Å². The van der Waals surface area contributed by atoms with Crippen LogP contribution in [0.1, 0.15) is 10.4 Å². The molecule has 1 fully saturated rings. The summed E-state index contributed by atoms with van der Waals surface area (Å²) in [4.78, 5) is 18.6. The normalized spacial score (nSPS) is 16.3. The second-order valence-electron chi connectivity index (χ2n) is 5.19. The standard InChI is InChI=1S/C15H17N3O3S3/c1-22-14-12(4-2-6-16-14)15(19)17-7-9-18(10-8-17)24(20,21)13-5-3-11-23-13/h2-6,11H,7-10H2,1H3. The maximum atomic E-state index is 12.7. The molecule has 0 N–H and O–H groups in total. The van der Waals surface area contributed by atoms with Gasteiger partial charge >= 0.3 is 0 Å². The third kappa shape index (κ3) is 3.34. The minimum Gasteiger partial charge on any atom is -0.336 e. The van der Waals surface area contributed by atoms with E-state index in [1.807, 2.05) is 6.26 Å². The van der Waals surface area contributed by atoms with Crippen molar-refractivity contribution in [3.05, 3.63) is 41.4 Å². The number of carbonyl (C=O) groups excluding carboxylic acids is 1. The number of thiophene rings is 1. The van der Waals surface area contributed by atoms with Crippen molar-refractivity contribution in [3.63, 3.8) is 0 Å². The molecule has 0 saturated carbocycles. The number of hydrogen-bond donors (Lipinski definition) is 0. The second-order valence-corrected chi connectivity index (χ2v) is 9.10. The second kappa shape index (κ2) is 7.22. The smallest absolute Gasteiger partial charge is 0.256 e. The van der Waals surface area contributed by atoms with E-state index in [-0.39, 0.29) is 5.91 Å². The van der Waals surface area contributed by atoms with Gasteiger partial charge in [-0.25, -0.2) is 13.4 Å². The Balaban J connectivity index is 1.70. The van der Waals surface area contributed by atoms with Gasteiger partial charge in [0.15, 0.2) is 0 Å². The highest BCUT2D eigenvalue weighted by molar-refractivity contribution is 7.98. The van der Waals surface area contributed by atoms with E-state index in [9.17, 15) is 13.2 Å². The zero-order chi connectivity index (χ0) is 17.2. The third-order valence-electron chi connectivity index (χ3n) is 3.81. The topological polar surface area (TPSA) is 70.6 Å². The number of nitrogens with zero attached hydrogens (tertiary/aromatic N) is 3. The van der Waals surface area contributed by atoms with Crippen molar-refractivity contribution < 1.29 is 13.2 Å². The zero-order valence-corrected chi connectivity index (χ0v) is 15.5. The summed E-state index contributed by atoms with van der Waals surface area (Å²) in [5, 5.41) is 2.44. The summed E-state index contributed by atoms with van der Waals surface area (Å²) in [5.74, 6) is -0.0966. The number of sulfonamides is 1. The van der Waals surface area contributed by atoms with Crippen LogP contribution in [0, 0.1) is 0 Å². The Hall–Kier alpha value is -1.42. The Morgan fingerprint density at radius 3 is 2.58 bits per heavy atom. The van der Waals surface area contributed by atoms with E-state index in [0.717, 1.165) is 0 Å². The predicted octanol–water partition coefficient (Wildman–Crippen LogP) is 2.01. The predicted molar refractivity (Wildman–Crippen MR) is 95.0 cm³/mol. The van der Waals surface area contributed by atoms with Gasteiger partial charge in [0.05, 0.1) is 5.56 Å². The molecule has 2 aromatic rings. The fraction of sp³-hybridized carbons (Fsp3) is 0.333. The van der Waals surface area contributed by atoms with Gasteiger partial charge in [0.2, 0.25) is 0 Å². The molecule has 0 spiro atoms. The summed E-state index contributed by atoms with van der Waals surface area (Å²) < 4.78 is 26.8. The lowest BCUT2D eigenvalue weighted by Gasteiger charge is -2.33. The van der Waals surface area contributed by atoms with Gasteiger partial charge in [-0.2, -0.15) is 4.31 Å². The SMILES string of the molecule is CSc1ncccc1C(=O)N1CCN(S(=O)(=O)c2cccs2)CC1. The van der Waals surface area contributed by atoms with E-state index < -0.39 is 10.0 Å². The van der Waals surface area contributed by atoms with Gasteiger partial charge in [-0.15, -0.1) is 23.1 Å². The van der Waals surface area contributed by atoms with Gasteiger partial charge < -0.3 is 4.90 Å². The fourth-order valence-corrected chi connectivity index (χ4v) is 5.66. The third-order valence-corrected chi connectivity index (χ3v) is 7.79. The number of hydrogen-bond acceptors (Lipinski definition) is 6. The van der Waals surface area contributed by atoms with Gasteiger partial charge in [-0.05, 0) is 29.8 Å². The van der Waals surface area contributed by atoms with Crippen LogP contribution in [0.15, 0.2) is 45.1 Å². The molecule has 128 valence electrons. The first-order chi connectivity index (χ1) is 11.5. The quantitative estimate of drug-likeness (QED) is 0.756. The Kier molecular flexibility index (Phi) is 5.24. The van der Waals surface area contributed by atoms with Gasteiger partial charge in [0.1, 0.15) is 9.24 Å². The van der Waals surface area contributed by atoms with Crippen molar-refractivity contribution in [1.82, 2.24) is 14.2 Å². The van der Waals surface area contributed by atoms with Gasteiger partial charge in [0, 0.05) is 32.4 Å². The van der Waals surface area contributed by atoms with Crippen molar-refractivity contribution in [3.8, 4) is 0 Å². The molecule has 0 aliphatic carbocycles. The molecular weight excluding hydrogens is 366 g/mol. The first-order valence-electron chi connectivity index (χ1n) is 7.36. The molecule has 0 aromatic carbocycles. The minimum atomic E-state index is -3.45. The molecule has 1 aliphatic heterocycles.